The van der Waals surface area contributed by atoms with E-state index in [1.165, 1.54) is 30.0 Å². The van der Waals surface area contributed by atoms with Gasteiger partial charge in [0.15, 0.2) is 11.5 Å². The van der Waals surface area contributed by atoms with Crippen molar-refractivity contribution >= 4 is 16.9 Å². The molecule has 0 spiro atoms. The molecular weight excluding hydrogens is 421 g/mol. The molecule has 1 aliphatic heterocycles. The van der Waals surface area contributed by atoms with Crippen molar-refractivity contribution in [3.05, 3.63) is 63.3 Å². The van der Waals surface area contributed by atoms with Crippen LogP contribution in [-0.4, -0.2) is 58.6 Å². The molecule has 0 aliphatic carbocycles. The summed E-state index contributed by atoms with van der Waals surface area (Å²) in [5, 5.41) is 23.0. The third-order valence-electron chi connectivity index (χ3n) is 5.27. The molecule has 10 heteroatoms. The summed E-state index contributed by atoms with van der Waals surface area (Å²) >= 11 is 0. The second-order valence-electron chi connectivity index (χ2n) is 7.42. The zero-order valence-corrected chi connectivity index (χ0v) is 17.3. The Balaban J connectivity index is 1.86. The first-order valence-corrected chi connectivity index (χ1v) is 10.0. The van der Waals surface area contributed by atoms with Crippen LogP contribution in [0.25, 0.3) is 11.0 Å². The molecule has 168 valence electrons. The van der Waals surface area contributed by atoms with Crippen molar-refractivity contribution in [2.24, 2.45) is 0 Å². The quantitative estimate of drug-likeness (QED) is 0.465. The van der Waals surface area contributed by atoms with Gasteiger partial charge in [-0.2, -0.15) is 0 Å². The summed E-state index contributed by atoms with van der Waals surface area (Å²) in [6, 6.07) is 5.92. The molecule has 0 radical (unpaired) electrons. The Labute approximate surface area is 182 Å². The fourth-order valence-corrected chi connectivity index (χ4v) is 3.72. The zero-order chi connectivity index (χ0) is 22.8. The van der Waals surface area contributed by atoms with Crippen LogP contribution in [0.15, 0.2) is 35.3 Å². The Hall–Kier alpha value is -3.50. The lowest BCUT2D eigenvalue weighted by molar-refractivity contribution is 0.0906. The molecule has 0 saturated heterocycles. The number of ether oxygens (including phenoxy) is 2. The van der Waals surface area contributed by atoms with Crippen LogP contribution in [0, 0.1) is 5.82 Å². The van der Waals surface area contributed by atoms with Crippen molar-refractivity contribution < 1.29 is 28.9 Å². The second kappa shape index (κ2) is 8.93. The maximum Gasteiger partial charge on any atom is 0.268 e. The van der Waals surface area contributed by atoms with Gasteiger partial charge in [-0.3, -0.25) is 19.1 Å². The molecule has 3 heterocycles. The van der Waals surface area contributed by atoms with Gasteiger partial charge in [0.2, 0.25) is 0 Å². The van der Waals surface area contributed by atoms with Gasteiger partial charge in [0, 0.05) is 31.8 Å². The molecule has 1 aromatic carbocycles. The number of halogens is 1. The summed E-state index contributed by atoms with van der Waals surface area (Å²) in [7, 11) is 1.47. The highest BCUT2D eigenvalue weighted by Gasteiger charge is 2.31. The van der Waals surface area contributed by atoms with Crippen LogP contribution < -0.4 is 15.6 Å². The van der Waals surface area contributed by atoms with Gasteiger partial charge in [0.05, 0.1) is 19.8 Å². The van der Waals surface area contributed by atoms with E-state index in [-0.39, 0.29) is 48.9 Å². The Morgan fingerprint density at radius 3 is 2.81 bits per heavy atom. The smallest absolute Gasteiger partial charge is 0.268 e. The molecule has 0 saturated carbocycles. The Morgan fingerprint density at radius 2 is 2.12 bits per heavy atom. The first-order valence-electron chi connectivity index (χ1n) is 10.0. The third-order valence-corrected chi connectivity index (χ3v) is 5.27. The van der Waals surface area contributed by atoms with Crippen LogP contribution in [0.5, 0.6) is 11.5 Å². The number of carbonyl (C=O) groups is 1. The van der Waals surface area contributed by atoms with Crippen LogP contribution in [0.3, 0.4) is 0 Å². The Morgan fingerprint density at radius 1 is 1.38 bits per heavy atom. The number of aliphatic hydroxyl groups excluding tert-OH is 1. The fourth-order valence-electron chi connectivity index (χ4n) is 3.72. The highest BCUT2D eigenvalue weighted by atomic mass is 19.1. The molecule has 2 aromatic heterocycles. The van der Waals surface area contributed by atoms with E-state index in [1.807, 2.05) is 0 Å². The lowest BCUT2D eigenvalue weighted by atomic mass is 10.0. The lowest BCUT2D eigenvalue weighted by Crippen LogP contribution is -2.40. The van der Waals surface area contributed by atoms with E-state index in [4.69, 9.17) is 9.47 Å². The van der Waals surface area contributed by atoms with Crippen LogP contribution in [0.2, 0.25) is 0 Å². The normalized spacial score (nSPS) is 14.9. The number of aliphatic hydroxyl groups is 1. The van der Waals surface area contributed by atoms with E-state index in [1.54, 1.807) is 12.1 Å². The summed E-state index contributed by atoms with van der Waals surface area (Å²) in [6.07, 6.45) is 1.07. The monoisotopic (exact) mass is 443 g/mol. The molecular formula is C22H22FN3O6. The van der Waals surface area contributed by atoms with E-state index in [0.29, 0.717) is 12.0 Å². The summed E-state index contributed by atoms with van der Waals surface area (Å²) in [6.45, 7) is 0.0227. The van der Waals surface area contributed by atoms with Gasteiger partial charge in [-0.15, -0.1) is 0 Å². The molecule has 0 bridgehead atoms. The highest BCUT2D eigenvalue weighted by molar-refractivity contribution is 6.02. The van der Waals surface area contributed by atoms with Gasteiger partial charge in [-0.05, 0) is 17.7 Å². The zero-order valence-electron chi connectivity index (χ0n) is 17.3. The molecule has 1 amide bonds. The molecule has 4 rings (SSSR count). The predicted octanol–water partition coefficient (Wildman–Crippen LogP) is 0.961. The largest absolute Gasteiger partial charge is 0.505 e. The minimum Gasteiger partial charge on any atom is -0.505 e. The third kappa shape index (κ3) is 3.90. The Bertz CT molecular complexity index is 1230. The Kier molecular flexibility index (Phi) is 6.06. The van der Waals surface area contributed by atoms with Gasteiger partial charge >= 0.3 is 0 Å². The van der Waals surface area contributed by atoms with Crippen LogP contribution >= 0.6 is 0 Å². The van der Waals surface area contributed by atoms with Crippen molar-refractivity contribution in [3.63, 3.8) is 0 Å². The first-order chi connectivity index (χ1) is 15.4. The van der Waals surface area contributed by atoms with E-state index < -0.39 is 28.9 Å². The topological polar surface area (TPSA) is 123 Å². The maximum absolute atomic E-state index is 13.3. The molecule has 1 aliphatic rings. The molecule has 3 aromatic rings. The van der Waals surface area contributed by atoms with Crippen molar-refractivity contribution in [3.8, 4) is 11.5 Å². The highest BCUT2D eigenvalue weighted by Crippen LogP contribution is 2.37. The van der Waals surface area contributed by atoms with E-state index >= 15 is 0 Å². The van der Waals surface area contributed by atoms with Crippen LogP contribution in [0.1, 0.15) is 21.5 Å². The molecule has 1 atom stereocenters. The number of hydrogen-bond donors (Lipinski definition) is 3. The molecule has 9 nitrogen and oxygen atoms in total. The number of aromatic nitrogens is 2. The van der Waals surface area contributed by atoms with Gasteiger partial charge in [0.25, 0.3) is 11.5 Å². The summed E-state index contributed by atoms with van der Waals surface area (Å²) < 4.78 is 25.4. The molecule has 0 fully saturated rings. The van der Waals surface area contributed by atoms with E-state index in [9.17, 15) is 24.2 Å². The average molecular weight is 443 g/mol. The van der Waals surface area contributed by atoms with E-state index in [0.717, 1.165) is 5.56 Å². The summed E-state index contributed by atoms with van der Waals surface area (Å²) in [5.41, 5.74) is 0.504. The SMILES string of the molecule is COCCNC(=O)c1c(O)c2ncc(Cc3ccc(F)cc3)c3c2n(c1=O)CC(CO)O3. The number of amides is 1. The fraction of sp³-hybridized carbons (Fsp3) is 0.318. The van der Waals surface area contributed by atoms with Crippen molar-refractivity contribution in [1.82, 2.24) is 14.9 Å². The van der Waals surface area contributed by atoms with Crippen molar-refractivity contribution in [2.75, 3.05) is 26.9 Å². The number of nitrogens with one attached hydrogen (secondary N) is 1. The first kappa shape index (κ1) is 21.7. The number of aromatic hydroxyl groups is 1. The van der Waals surface area contributed by atoms with Crippen molar-refractivity contribution in [2.45, 2.75) is 19.1 Å². The number of nitrogens with zero attached hydrogens (tertiary/aromatic N) is 2. The molecule has 3 N–H and O–H groups in total. The minimum atomic E-state index is -0.749. The van der Waals surface area contributed by atoms with Crippen LogP contribution in [-0.2, 0) is 17.7 Å². The predicted molar refractivity (Wildman–Crippen MR) is 113 cm³/mol. The summed E-state index contributed by atoms with van der Waals surface area (Å²) in [4.78, 5) is 30.0. The minimum absolute atomic E-state index is 0.0147. The van der Waals surface area contributed by atoms with Gasteiger partial charge in [-0.25, -0.2) is 4.39 Å². The van der Waals surface area contributed by atoms with E-state index in [2.05, 4.69) is 10.3 Å². The van der Waals surface area contributed by atoms with Crippen LogP contribution in [0.4, 0.5) is 4.39 Å². The van der Waals surface area contributed by atoms with Gasteiger partial charge in [0.1, 0.15) is 28.5 Å². The number of methoxy groups -OCH3 is 1. The number of pyridine rings is 2. The van der Waals surface area contributed by atoms with Gasteiger partial charge < -0.3 is 25.0 Å². The maximum atomic E-state index is 13.3. The standard InChI is InChI=1S/C22H22FN3O6/c1-31-7-6-24-21(29)16-19(28)17-18-20(32-15(11-27)10-26(18)22(16)30)13(9-25-17)8-12-2-4-14(23)5-3-12/h2-5,9,15,27-28H,6-8,10-11H2,1H3,(H,24,29). The number of hydrogen-bond acceptors (Lipinski definition) is 7. The average Bonchev–Trinajstić information content (AvgIpc) is 2.79. The number of rotatable bonds is 7. The summed E-state index contributed by atoms with van der Waals surface area (Å²) in [5.74, 6) is -1.38. The molecule has 1 unspecified atom stereocenters. The lowest BCUT2D eigenvalue weighted by Gasteiger charge is -2.28. The second-order valence-corrected chi connectivity index (χ2v) is 7.42. The number of benzene rings is 1. The number of carbonyl (C=O) groups excluding carboxylic acids is 1. The van der Waals surface area contributed by atoms with Crippen molar-refractivity contribution in [1.29, 1.82) is 0 Å². The van der Waals surface area contributed by atoms with Gasteiger partial charge in [-0.1, -0.05) is 12.1 Å². The molecule has 32 heavy (non-hydrogen) atoms.